The Morgan fingerprint density at radius 2 is 2.17 bits per heavy atom. The van der Waals surface area contributed by atoms with Crippen LogP contribution >= 0.6 is 11.6 Å². The summed E-state index contributed by atoms with van der Waals surface area (Å²) in [6, 6.07) is 5.64. The average molecular weight is 357 g/mol. The minimum atomic E-state index is -4.22. The van der Waals surface area contributed by atoms with Gasteiger partial charge >= 0.3 is 10.1 Å². The molecule has 0 radical (unpaired) electrons. The van der Waals surface area contributed by atoms with E-state index in [1.54, 1.807) is 6.07 Å². The monoisotopic (exact) mass is 356 g/mol. The van der Waals surface area contributed by atoms with Crippen molar-refractivity contribution in [3.63, 3.8) is 0 Å². The molecule has 124 valence electrons. The highest BCUT2D eigenvalue weighted by atomic mass is 35.5. The molecule has 1 aromatic carbocycles. The Hall–Kier alpha value is -1.57. The van der Waals surface area contributed by atoms with E-state index in [4.69, 9.17) is 16.2 Å². The molecule has 0 amide bonds. The maximum Gasteiger partial charge on any atom is 0.305 e. The molecule has 8 heteroatoms. The van der Waals surface area contributed by atoms with Crippen LogP contribution in [0, 0.1) is 5.92 Å². The molecule has 0 fully saturated rings. The number of hydrogen-bond acceptors (Lipinski definition) is 5. The molecular weight excluding hydrogens is 340 g/mol. The molecule has 1 heterocycles. The van der Waals surface area contributed by atoms with Gasteiger partial charge < -0.3 is 15.4 Å². The van der Waals surface area contributed by atoms with Crippen LogP contribution in [0.15, 0.2) is 30.1 Å². The van der Waals surface area contributed by atoms with Gasteiger partial charge in [0, 0.05) is 22.8 Å². The summed E-state index contributed by atoms with van der Waals surface area (Å²) in [5.41, 5.74) is 1.39. The minimum Gasteiger partial charge on any atom is -0.355 e. The number of fused-ring (bicyclic) bond motifs is 1. The highest BCUT2D eigenvalue weighted by molar-refractivity contribution is 7.86. The number of rotatable bonds is 4. The molecule has 1 aliphatic heterocycles. The Morgan fingerprint density at radius 1 is 1.39 bits per heavy atom. The van der Waals surface area contributed by atoms with Crippen molar-refractivity contribution >= 4 is 28.0 Å². The Labute approximate surface area is 139 Å². The van der Waals surface area contributed by atoms with E-state index in [1.165, 1.54) is 6.20 Å². The van der Waals surface area contributed by atoms with Crippen molar-refractivity contribution < 1.29 is 17.8 Å². The first-order valence-electron chi connectivity index (χ1n) is 7.30. The molecule has 1 aromatic rings. The van der Waals surface area contributed by atoms with E-state index in [0.717, 1.165) is 30.3 Å². The molecule has 3 rings (SSSR count). The molecule has 0 bridgehead atoms. The van der Waals surface area contributed by atoms with Gasteiger partial charge in [-0.05, 0) is 42.4 Å². The van der Waals surface area contributed by atoms with Crippen molar-refractivity contribution in [3.05, 3.63) is 46.2 Å². The molecule has 6 nitrogen and oxygen atoms in total. The maximum atomic E-state index is 11.6. The van der Waals surface area contributed by atoms with Gasteiger partial charge in [0.25, 0.3) is 0 Å². The summed E-state index contributed by atoms with van der Waals surface area (Å²) in [5, 5.41) is 5.89. The molecule has 2 aliphatic rings. The molecule has 3 unspecified atom stereocenters. The summed E-state index contributed by atoms with van der Waals surface area (Å²) in [5.74, 6) is -0.291. The highest BCUT2D eigenvalue weighted by Crippen LogP contribution is 2.41. The van der Waals surface area contributed by atoms with Crippen LogP contribution in [-0.2, 0) is 21.3 Å². The van der Waals surface area contributed by atoms with Crippen LogP contribution in [0.5, 0.6) is 0 Å². The van der Waals surface area contributed by atoms with Gasteiger partial charge in [-0.25, -0.2) is 0 Å². The number of carbonyl (C=O) groups excluding carboxylic acids is 1. The Bertz CT molecular complexity index is 763. The number of benzene rings is 1. The van der Waals surface area contributed by atoms with Crippen LogP contribution in [0.2, 0.25) is 5.02 Å². The Kier molecular flexibility index (Phi) is 4.35. The van der Waals surface area contributed by atoms with Crippen LogP contribution in [0.3, 0.4) is 0 Å². The zero-order chi connectivity index (χ0) is 16.6. The number of nitrogens with one attached hydrogen (secondary N) is 2. The Balaban J connectivity index is 1.78. The van der Waals surface area contributed by atoms with E-state index in [2.05, 4.69) is 10.6 Å². The van der Waals surface area contributed by atoms with Crippen molar-refractivity contribution in [3.8, 4) is 0 Å². The number of aldehydes is 1. The summed E-state index contributed by atoms with van der Waals surface area (Å²) in [6.45, 7) is 0. The third-order valence-electron chi connectivity index (χ3n) is 4.42. The number of hydrogen-bond donors (Lipinski definition) is 3. The fourth-order valence-corrected chi connectivity index (χ4v) is 4.19. The van der Waals surface area contributed by atoms with Crippen LogP contribution in [0.4, 0.5) is 0 Å². The molecule has 0 saturated heterocycles. The van der Waals surface area contributed by atoms with Crippen LogP contribution in [-0.4, -0.2) is 24.8 Å². The average Bonchev–Trinajstić information content (AvgIpc) is 2.96. The van der Waals surface area contributed by atoms with E-state index >= 15 is 0 Å². The van der Waals surface area contributed by atoms with E-state index in [9.17, 15) is 13.2 Å². The lowest BCUT2D eigenvalue weighted by atomic mass is 9.74. The first-order chi connectivity index (χ1) is 10.9. The normalized spacial score (nSPS) is 26.7. The van der Waals surface area contributed by atoms with Gasteiger partial charge in [0.1, 0.15) is 6.29 Å². The maximum absolute atomic E-state index is 11.6. The van der Waals surface area contributed by atoms with E-state index in [1.807, 2.05) is 12.1 Å². The minimum absolute atomic E-state index is 0.0283. The van der Waals surface area contributed by atoms with Crippen molar-refractivity contribution in [2.45, 2.75) is 30.7 Å². The van der Waals surface area contributed by atoms with Crippen molar-refractivity contribution in [1.29, 1.82) is 0 Å². The standard InChI is InChI=1S/C15H17ClN2O4S/c16-13-3-1-2-9-4-5-10(12(8-19)14(9)13)6-11-7-17-15(18-11)23(20,21)22/h1-3,7-8,10,12,15,17-18H,4-6H2,(H,20,21,22). The second-order valence-corrected chi connectivity index (χ2v) is 7.76. The largest absolute Gasteiger partial charge is 0.355 e. The van der Waals surface area contributed by atoms with Gasteiger partial charge in [0.2, 0.25) is 5.50 Å². The summed E-state index contributed by atoms with van der Waals surface area (Å²) in [6.07, 6.45) is 4.59. The van der Waals surface area contributed by atoms with E-state index in [0.29, 0.717) is 17.1 Å². The number of allylic oxidation sites excluding steroid dienone is 1. The third kappa shape index (κ3) is 3.22. The molecule has 1 aliphatic carbocycles. The second-order valence-electron chi connectivity index (χ2n) is 5.85. The van der Waals surface area contributed by atoms with Gasteiger partial charge in [-0.1, -0.05) is 23.7 Å². The topological polar surface area (TPSA) is 95.5 Å². The Morgan fingerprint density at radius 3 is 2.83 bits per heavy atom. The quantitative estimate of drug-likeness (QED) is 0.562. The first kappa shape index (κ1) is 16.3. The van der Waals surface area contributed by atoms with Crippen molar-refractivity contribution in [1.82, 2.24) is 10.6 Å². The zero-order valence-electron chi connectivity index (χ0n) is 12.2. The molecule has 3 N–H and O–H groups in total. The lowest BCUT2D eigenvalue weighted by Crippen LogP contribution is -2.40. The zero-order valence-corrected chi connectivity index (χ0v) is 13.8. The van der Waals surface area contributed by atoms with Gasteiger partial charge in [-0.2, -0.15) is 8.42 Å². The predicted octanol–water partition coefficient (Wildman–Crippen LogP) is 1.78. The fourth-order valence-electron chi connectivity index (χ4n) is 3.33. The number of aryl methyl sites for hydroxylation is 1. The highest BCUT2D eigenvalue weighted by Gasteiger charge is 2.34. The molecule has 23 heavy (non-hydrogen) atoms. The van der Waals surface area contributed by atoms with Gasteiger partial charge in [-0.15, -0.1) is 0 Å². The molecule has 3 atom stereocenters. The SMILES string of the molecule is O=CC1c2c(Cl)cccc2CCC1CC1=CNC(S(=O)(=O)O)N1. The van der Waals surface area contributed by atoms with E-state index in [-0.39, 0.29) is 11.8 Å². The lowest BCUT2D eigenvalue weighted by Gasteiger charge is -2.31. The van der Waals surface area contributed by atoms with Crippen LogP contribution in [0.25, 0.3) is 0 Å². The van der Waals surface area contributed by atoms with Crippen LogP contribution < -0.4 is 10.6 Å². The molecule has 0 aromatic heterocycles. The van der Waals surface area contributed by atoms with Gasteiger partial charge in [0.05, 0.1) is 0 Å². The summed E-state index contributed by atoms with van der Waals surface area (Å²) < 4.78 is 31.3. The summed E-state index contributed by atoms with van der Waals surface area (Å²) in [4.78, 5) is 11.6. The number of carbonyl (C=O) groups is 1. The predicted molar refractivity (Wildman–Crippen MR) is 86.4 cm³/mol. The lowest BCUT2D eigenvalue weighted by molar-refractivity contribution is -0.110. The summed E-state index contributed by atoms with van der Waals surface area (Å²) in [7, 11) is -4.22. The van der Waals surface area contributed by atoms with Gasteiger partial charge in [-0.3, -0.25) is 4.55 Å². The molecule has 0 spiro atoms. The molecular formula is C15H17ClN2O4S. The van der Waals surface area contributed by atoms with Crippen molar-refractivity contribution in [2.24, 2.45) is 5.92 Å². The number of halogens is 1. The third-order valence-corrected chi connectivity index (χ3v) is 5.60. The van der Waals surface area contributed by atoms with E-state index < -0.39 is 15.6 Å². The second kappa shape index (κ2) is 6.14. The fraction of sp³-hybridized carbons (Fsp3) is 0.400. The van der Waals surface area contributed by atoms with Gasteiger partial charge in [0.15, 0.2) is 0 Å². The van der Waals surface area contributed by atoms with Crippen molar-refractivity contribution in [2.75, 3.05) is 0 Å². The molecule has 0 saturated carbocycles. The van der Waals surface area contributed by atoms with Crippen LogP contribution in [0.1, 0.15) is 29.9 Å². The first-order valence-corrected chi connectivity index (χ1v) is 9.19. The summed E-state index contributed by atoms with van der Waals surface area (Å²) >= 11 is 6.27. The smallest absolute Gasteiger partial charge is 0.305 e.